The van der Waals surface area contributed by atoms with Gasteiger partial charge in [0.25, 0.3) is 0 Å². The highest BCUT2D eigenvalue weighted by Crippen LogP contribution is 2.33. The summed E-state index contributed by atoms with van der Waals surface area (Å²) < 4.78 is 0. The zero-order chi connectivity index (χ0) is 17.1. The van der Waals surface area contributed by atoms with E-state index >= 15 is 0 Å². The summed E-state index contributed by atoms with van der Waals surface area (Å²) in [5.41, 5.74) is 4.89. The van der Waals surface area contributed by atoms with Crippen LogP contribution >= 0.6 is 11.6 Å². The molecule has 1 nitrogen and oxygen atoms in total. The van der Waals surface area contributed by atoms with Crippen LogP contribution in [0.2, 0.25) is 5.02 Å². The van der Waals surface area contributed by atoms with Crippen molar-refractivity contribution in [3.05, 3.63) is 101 Å². The Kier molecular flexibility index (Phi) is 4.46. The molecule has 1 aliphatic rings. The molecular formula is C23H18ClN. The molecule has 25 heavy (non-hydrogen) atoms. The maximum atomic E-state index is 6.06. The third-order valence-corrected chi connectivity index (χ3v) is 4.82. The Labute approximate surface area is 153 Å². The van der Waals surface area contributed by atoms with E-state index in [0.29, 0.717) is 0 Å². The molecular weight excluding hydrogens is 326 g/mol. The average Bonchev–Trinajstić information content (AvgIpc) is 2.67. The second-order valence-electron chi connectivity index (χ2n) is 6.16. The molecule has 0 bridgehead atoms. The van der Waals surface area contributed by atoms with Crippen LogP contribution in [0, 0.1) is 11.8 Å². The zero-order valence-electron chi connectivity index (χ0n) is 13.8. The van der Waals surface area contributed by atoms with Crippen molar-refractivity contribution in [3.8, 4) is 11.8 Å². The van der Waals surface area contributed by atoms with E-state index in [1.165, 1.54) is 11.1 Å². The van der Waals surface area contributed by atoms with Crippen LogP contribution in [-0.2, 0) is 6.42 Å². The van der Waals surface area contributed by atoms with Crippen molar-refractivity contribution in [3.63, 3.8) is 0 Å². The van der Waals surface area contributed by atoms with Crippen LogP contribution in [0.1, 0.15) is 22.7 Å². The van der Waals surface area contributed by atoms with E-state index in [-0.39, 0.29) is 6.04 Å². The highest BCUT2D eigenvalue weighted by molar-refractivity contribution is 6.30. The fourth-order valence-electron chi connectivity index (χ4n) is 3.31. The van der Waals surface area contributed by atoms with Crippen molar-refractivity contribution in [2.24, 2.45) is 0 Å². The predicted octanol–water partition coefficient (Wildman–Crippen LogP) is 5.50. The van der Waals surface area contributed by atoms with Gasteiger partial charge in [-0.25, -0.2) is 0 Å². The number of nitrogens with zero attached hydrogens (tertiary/aromatic N) is 1. The van der Waals surface area contributed by atoms with Crippen LogP contribution in [-0.4, -0.2) is 6.54 Å². The number of fused-ring (bicyclic) bond motifs is 1. The molecule has 3 aromatic carbocycles. The molecule has 0 spiro atoms. The Balaban J connectivity index is 1.76. The molecule has 1 atom stereocenters. The number of hydrogen-bond acceptors (Lipinski definition) is 1. The molecule has 0 N–H and O–H groups in total. The summed E-state index contributed by atoms with van der Waals surface area (Å²) in [6, 6.07) is 26.9. The van der Waals surface area contributed by atoms with E-state index in [4.69, 9.17) is 11.6 Å². The Bertz CT molecular complexity index is 920. The van der Waals surface area contributed by atoms with Gasteiger partial charge < -0.3 is 4.90 Å². The summed E-state index contributed by atoms with van der Waals surface area (Å²) >= 11 is 6.06. The van der Waals surface area contributed by atoms with Crippen LogP contribution in [0.4, 0.5) is 5.69 Å². The Morgan fingerprint density at radius 1 is 0.840 bits per heavy atom. The monoisotopic (exact) mass is 343 g/mol. The van der Waals surface area contributed by atoms with Crippen LogP contribution in [0.15, 0.2) is 78.9 Å². The number of rotatable bonds is 1. The number of hydrogen-bond donors (Lipinski definition) is 0. The van der Waals surface area contributed by atoms with Crippen LogP contribution < -0.4 is 4.90 Å². The normalized spacial score (nSPS) is 15.9. The standard InChI is InChI=1S/C23H18ClN/c24-20-11-13-21(14-12-20)25-17-16-19-8-4-5-9-22(19)23(25)15-10-18-6-2-1-3-7-18/h1-9,11-14,23H,16-17H2/t23-/m0/s1. The summed E-state index contributed by atoms with van der Waals surface area (Å²) in [5, 5.41) is 0.757. The Morgan fingerprint density at radius 3 is 2.36 bits per heavy atom. The minimum Gasteiger partial charge on any atom is -0.353 e. The average molecular weight is 344 g/mol. The van der Waals surface area contributed by atoms with Gasteiger partial charge in [0, 0.05) is 22.8 Å². The van der Waals surface area contributed by atoms with Gasteiger partial charge in [-0.15, -0.1) is 0 Å². The van der Waals surface area contributed by atoms with Crippen LogP contribution in [0.5, 0.6) is 0 Å². The second kappa shape index (κ2) is 7.05. The number of benzene rings is 3. The van der Waals surface area contributed by atoms with Gasteiger partial charge in [-0.2, -0.15) is 0 Å². The molecule has 0 saturated carbocycles. The van der Waals surface area contributed by atoms with Gasteiger partial charge in [-0.1, -0.05) is 65.9 Å². The lowest BCUT2D eigenvalue weighted by molar-refractivity contribution is 0.682. The second-order valence-corrected chi connectivity index (χ2v) is 6.59. The summed E-state index contributed by atoms with van der Waals surface area (Å²) in [6.45, 7) is 0.951. The Hall–Kier alpha value is -2.69. The van der Waals surface area contributed by atoms with Gasteiger partial charge in [-0.05, 0) is 53.9 Å². The summed E-state index contributed by atoms with van der Waals surface area (Å²) in [4.78, 5) is 2.37. The van der Waals surface area contributed by atoms with E-state index in [2.05, 4.69) is 53.1 Å². The molecule has 0 radical (unpaired) electrons. The van der Waals surface area contributed by atoms with Gasteiger partial charge in [0.1, 0.15) is 6.04 Å². The first-order chi connectivity index (χ1) is 12.3. The Morgan fingerprint density at radius 2 is 1.56 bits per heavy atom. The summed E-state index contributed by atoms with van der Waals surface area (Å²) in [5.74, 6) is 6.85. The molecule has 0 saturated heterocycles. The third-order valence-electron chi connectivity index (χ3n) is 4.57. The quantitative estimate of drug-likeness (QED) is 0.528. The molecule has 2 heteroatoms. The van der Waals surface area contributed by atoms with Gasteiger partial charge >= 0.3 is 0 Å². The molecule has 0 aromatic heterocycles. The highest BCUT2D eigenvalue weighted by atomic mass is 35.5. The lowest BCUT2D eigenvalue weighted by atomic mass is 9.92. The summed E-state index contributed by atoms with van der Waals surface area (Å²) in [6.07, 6.45) is 1.03. The van der Waals surface area contributed by atoms with E-state index in [1.807, 2.05) is 42.5 Å². The first-order valence-corrected chi connectivity index (χ1v) is 8.86. The van der Waals surface area contributed by atoms with Gasteiger partial charge in [0.05, 0.1) is 0 Å². The van der Waals surface area contributed by atoms with Crippen molar-refractivity contribution in [2.75, 3.05) is 11.4 Å². The van der Waals surface area contributed by atoms with Crippen LogP contribution in [0.25, 0.3) is 0 Å². The lowest BCUT2D eigenvalue weighted by Gasteiger charge is -2.36. The fourth-order valence-corrected chi connectivity index (χ4v) is 3.43. The van der Waals surface area contributed by atoms with Gasteiger partial charge in [0.15, 0.2) is 0 Å². The topological polar surface area (TPSA) is 3.24 Å². The maximum Gasteiger partial charge on any atom is 0.117 e. The predicted molar refractivity (Wildman–Crippen MR) is 105 cm³/mol. The smallest absolute Gasteiger partial charge is 0.117 e. The third kappa shape index (κ3) is 3.40. The molecule has 0 aliphatic carbocycles. The zero-order valence-corrected chi connectivity index (χ0v) is 14.6. The van der Waals surface area contributed by atoms with Crippen molar-refractivity contribution in [2.45, 2.75) is 12.5 Å². The van der Waals surface area contributed by atoms with E-state index < -0.39 is 0 Å². The molecule has 1 heterocycles. The van der Waals surface area contributed by atoms with E-state index in [1.54, 1.807) is 0 Å². The van der Waals surface area contributed by atoms with Crippen LogP contribution in [0.3, 0.4) is 0 Å². The van der Waals surface area contributed by atoms with Gasteiger partial charge in [0.2, 0.25) is 0 Å². The van der Waals surface area contributed by atoms with Gasteiger partial charge in [-0.3, -0.25) is 0 Å². The minimum atomic E-state index is 0.0475. The molecule has 0 fully saturated rings. The maximum absolute atomic E-state index is 6.06. The number of anilines is 1. The first kappa shape index (κ1) is 15.8. The first-order valence-electron chi connectivity index (χ1n) is 8.48. The van der Waals surface area contributed by atoms with Crippen molar-refractivity contribution >= 4 is 17.3 Å². The molecule has 122 valence electrons. The largest absolute Gasteiger partial charge is 0.353 e. The van der Waals surface area contributed by atoms with E-state index in [0.717, 1.165) is 29.2 Å². The van der Waals surface area contributed by atoms with Crippen molar-refractivity contribution in [1.29, 1.82) is 0 Å². The SMILES string of the molecule is Clc1ccc(N2CCc3ccccc3[C@@H]2C#Cc2ccccc2)cc1. The lowest BCUT2D eigenvalue weighted by Crippen LogP contribution is -2.34. The summed E-state index contributed by atoms with van der Waals surface area (Å²) in [7, 11) is 0. The van der Waals surface area contributed by atoms with E-state index in [9.17, 15) is 0 Å². The highest BCUT2D eigenvalue weighted by Gasteiger charge is 2.25. The molecule has 0 unspecified atom stereocenters. The molecule has 0 amide bonds. The minimum absolute atomic E-state index is 0.0475. The van der Waals surface area contributed by atoms with Crippen molar-refractivity contribution in [1.82, 2.24) is 0 Å². The molecule has 1 aliphatic heterocycles. The molecule has 3 aromatic rings. The fraction of sp³-hybridized carbons (Fsp3) is 0.130. The van der Waals surface area contributed by atoms with Crippen molar-refractivity contribution < 1.29 is 0 Å². The molecule has 4 rings (SSSR count). The number of halogens is 1.